The highest BCUT2D eigenvalue weighted by Crippen LogP contribution is 2.29. The minimum absolute atomic E-state index is 0.199. The minimum Gasteiger partial charge on any atom is -0.493 e. The third kappa shape index (κ3) is 4.68. The molecule has 1 aromatic heterocycles. The van der Waals surface area contributed by atoms with E-state index in [0.717, 1.165) is 21.8 Å². The Labute approximate surface area is 198 Å². The predicted molar refractivity (Wildman–Crippen MR) is 130 cm³/mol. The van der Waals surface area contributed by atoms with Crippen molar-refractivity contribution >= 4 is 31.8 Å². The number of rotatable bonds is 8. The van der Waals surface area contributed by atoms with E-state index in [-0.39, 0.29) is 38.3 Å². The first-order valence-electron chi connectivity index (χ1n) is 11.0. The zero-order valence-corrected chi connectivity index (χ0v) is 19.6. The fraction of sp³-hybridized carbons (Fsp3) is 0.280. The van der Waals surface area contributed by atoms with Crippen LogP contribution in [0.15, 0.2) is 66.7 Å². The average Bonchev–Trinajstić information content (AvgIpc) is 3.22. The maximum atomic E-state index is 12.5. The van der Waals surface area contributed by atoms with Gasteiger partial charge in [0.2, 0.25) is 10.0 Å². The van der Waals surface area contributed by atoms with Crippen molar-refractivity contribution in [2.24, 2.45) is 0 Å². The number of sulfonamides is 1. The van der Waals surface area contributed by atoms with Crippen LogP contribution in [-0.2, 0) is 14.8 Å². The summed E-state index contributed by atoms with van der Waals surface area (Å²) in [6, 6.07) is 21.2. The maximum absolute atomic E-state index is 12.5. The number of hydrogen-bond donors (Lipinski definition) is 1. The number of nitrogens with one attached hydrogen (secondary N) is 1. The molecular formula is C25H26N2O6S. The van der Waals surface area contributed by atoms with Crippen LogP contribution >= 0.6 is 0 Å². The van der Waals surface area contributed by atoms with Crippen LogP contribution in [0.3, 0.4) is 0 Å². The van der Waals surface area contributed by atoms with E-state index in [2.05, 4.69) is 11.1 Å². The number of ether oxygens (including phenoxy) is 4. The van der Waals surface area contributed by atoms with Gasteiger partial charge in [0.05, 0.1) is 7.11 Å². The van der Waals surface area contributed by atoms with Crippen LogP contribution in [-0.4, -0.2) is 63.2 Å². The summed E-state index contributed by atoms with van der Waals surface area (Å²) < 4.78 is 48.9. The molecule has 1 fully saturated rings. The lowest BCUT2D eigenvalue weighted by molar-refractivity contribution is 0.0144. The van der Waals surface area contributed by atoms with Crippen molar-refractivity contribution in [3.63, 3.8) is 0 Å². The molecule has 5 rings (SSSR count). The zero-order chi connectivity index (χ0) is 23.5. The summed E-state index contributed by atoms with van der Waals surface area (Å²) in [5.74, 6) is 1.51. The Bertz CT molecular complexity index is 1400. The lowest BCUT2D eigenvalue weighted by Gasteiger charge is -2.32. The van der Waals surface area contributed by atoms with Gasteiger partial charge >= 0.3 is 0 Å². The summed E-state index contributed by atoms with van der Waals surface area (Å²) in [4.78, 5) is 3.39. The van der Waals surface area contributed by atoms with E-state index in [9.17, 15) is 8.42 Å². The molecule has 0 spiro atoms. The average molecular weight is 483 g/mol. The lowest BCUT2D eigenvalue weighted by atomic mass is 10.1. The predicted octanol–water partition coefficient (Wildman–Crippen LogP) is 3.78. The molecule has 0 amide bonds. The molecule has 34 heavy (non-hydrogen) atoms. The summed E-state index contributed by atoms with van der Waals surface area (Å²) in [7, 11) is -1.95. The standard InChI is InChI=1S/C25H26N2O6S/c1-30-24-8-4-5-9-25(24)31-13-12-27-15-19(33-17-34(27,28)29)16-32-18-10-11-23-21(14-18)20-6-2-3-7-22(20)26-23/h2-11,14,19,26H,12-13,15-17H2,1H3. The molecule has 4 aromatic rings. The second-order valence-electron chi connectivity index (χ2n) is 8.06. The van der Waals surface area contributed by atoms with Gasteiger partial charge in [0.25, 0.3) is 0 Å². The second kappa shape index (κ2) is 9.54. The fourth-order valence-electron chi connectivity index (χ4n) is 4.08. The van der Waals surface area contributed by atoms with E-state index in [0.29, 0.717) is 17.2 Å². The number of H-pyrrole nitrogens is 1. The summed E-state index contributed by atoms with van der Waals surface area (Å²) in [5.41, 5.74) is 2.11. The molecule has 0 aliphatic carbocycles. The number of nitrogens with zero attached hydrogens (tertiary/aromatic N) is 1. The second-order valence-corrected chi connectivity index (χ2v) is 9.98. The largest absolute Gasteiger partial charge is 0.493 e. The molecule has 1 aliphatic rings. The van der Waals surface area contributed by atoms with Crippen LogP contribution in [0, 0.1) is 0 Å². The molecule has 0 bridgehead atoms. The van der Waals surface area contributed by atoms with E-state index in [4.69, 9.17) is 18.9 Å². The van der Waals surface area contributed by atoms with E-state index in [1.807, 2.05) is 48.5 Å². The van der Waals surface area contributed by atoms with Gasteiger partial charge in [0.1, 0.15) is 25.1 Å². The van der Waals surface area contributed by atoms with E-state index in [1.54, 1.807) is 19.2 Å². The van der Waals surface area contributed by atoms with Gasteiger partial charge in [-0.05, 0) is 36.4 Å². The summed E-state index contributed by atoms with van der Waals surface area (Å²) in [5, 5.41) is 2.21. The maximum Gasteiger partial charge on any atom is 0.238 e. The van der Waals surface area contributed by atoms with Gasteiger partial charge in [-0.1, -0.05) is 30.3 Å². The van der Waals surface area contributed by atoms with E-state index < -0.39 is 10.0 Å². The molecule has 1 unspecified atom stereocenters. The van der Waals surface area contributed by atoms with Crippen molar-refractivity contribution in [2.75, 3.05) is 39.4 Å². The highest BCUT2D eigenvalue weighted by molar-refractivity contribution is 7.88. The zero-order valence-electron chi connectivity index (χ0n) is 18.8. The molecule has 178 valence electrons. The number of methoxy groups -OCH3 is 1. The summed E-state index contributed by atoms with van der Waals surface area (Å²) in [6.07, 6.45) is -0.381. The Morgan fingerprint density at radius 2 is 1.74 bits per heavy atom. The first-order valence-corrected chi connectivity index (χ1v) is 12.6. The SMILES string of the molecule is COc1ccccc1OCCN1CC(COc2ccc3[nH]c4ccccc4c3c2)OCS1(=O)=O. The fourth-order valence-corrected chi connectivity index (χ4v) is 5.34. The molecule has 1 saturated heterocycles. The Morgan fingerprint density at radius 3 is 2.59 bits per heavy atom. The number of hydrogen-bond acceptors (Lipinski definition) is 6. The molecule has 8 nitrogen and oxygen atoms in total. The van der Waals surface area contributed by atoms with E-state index in [1.165, 1.54) is 4.31 Å². The third-order valence-corrected chi connectivity index (χ3v) is 7.39. The molecule has 0 saturated carbocycles. The van der Waals surface area contributed by atoms with Crippen molar-refractivity contribution in [3.05, 3.63) is 66.7 Å². The Morgan fingerprint density at radius 1 is 0.971 bits per heavy atom. The summed E-state index contributed by atoms with van der Waals surface area (Å²) >= 11 is 0. The van der Waals surface area contributed by atoms with E-state index >= 15 is 0 Å². The molecular weight excluding hydrogens is 456 g/mol. The summed E-state index contributed by atoms with van der Waals surface area (Å²) in [6.45, 7) is 0.853. The lowest BCUT2D eigenvalue weighted by Crippen LogP contribution is -2.49. The molecule has 1 atom stereocenters. The van der Waals surface area contributed by atoms with Gasteiger partial charge in [-0.2, -0.15) is 4.31 Å². The quantitative estimate of drug-likeness (QED) is 0.411. The smallest absolute Gasteiger partial charge is 0.238 e. The third-order valence-electron chi connectivity index (χ3n) is 5.83. The van der Waals surface area contributed by atoms with Crippen molar-refractivity contribution in [3.8, 4) is 17.2 Å². The first-order chi connectivity index (χ1) is 16.5. The van der Waals surface area contributed by atoms with Crippen molar-refractivity contribution in [2.45, 2.75) is 6.10 Å². The molecule has 3 aromatic carbocycles. The number of benzene rings is 3. The minimum atomic E-state index is -3.51. The molecule has 2 heterocycles. The topological polar surface area (TPSA) is 90.1 Å². The Kier molecular flexibility index (Phi) is 6.32. The molecule has 0 radical (unpaired) electrons. The van der Waals surface area contributed by atoms with Crippen molar-refractivity contribution in [1.29, 1.82) is 0 Å². The van der Waals surface area contributed by atoms with Crippen LogP contribution in [0.25, 0.3) is 21.8 Å². The van der Waals surface area contributed by atoms with Gasteiger partial charge in [-0.3, -0.25) is 0 Å². The number of aromatic amines is 1. The van der Waals surface area contributed by atoms with Crippen molar-refractivity contribution < 1.29 is 27.4 Å². The number of para-hydroxylation sites is 3. The Hall–Kier alpha value is -3.27. The van der Waals surface area contributed by atoms with Gasteiger partial charge < -0.3 is 23.9 Å². The number of aromatic nitrogens is 1. The van der Waals surface area contributed by atoms with Crippen LogP contribution in [0.4, 0.5) is 0 Å². The molecule has 1 N–H and O–H groups in total. The molecule has 1 aliphatic heterocycles. The molecule has 9 heteroatoms. The van der Waals surface area contributed by atoms with Gasteiger partial charge in [0.15, 0.2) is 17.4 Å². The Balaban J connectivity index is 1.20. The van der Waals surface area contributed by atoms with Gasteiger partial charge in [0, 0.05) is 34.9 Å². The van der Waals surface area contributed by atoms with Crippen LogP contribution in [0.5, 0.6) is 17.2 Å². The monoisotopic (exact) mass is 482 g/mol. The van der Waals surface area contributed by atoms with Gasteiger partial charge in [-0.15, -0.1) is 0 Å². The normalized spacial score (nSPS) is 18.2. The van der Waals surface area contributed by atoms with Crippen LogP contribution in [0.2, 0.25) is 0 Å². The van der Waals surface area contributed by atoms with Gasteiger partial charge in [-0.25, -0.2) is 8.42 Å². The first kappa shape index (κ1) is 22.5. The highest BCUT2D eigenvalue weighted by Gasteiger charge is 2.32. The number of fused-ring (bicyclic) bond motifs is 3. The van der Waals surface area contributed by atoms with Crippen molar-refractivity contribution in [1.82, 2.24) is 9.29 Å². The highest BCUT2D eigenvalue weighted by atomic mass is 32.2. The van der Waals surface area contributed by atoms with Crippen LogP contribution < -0.4 is 14.2 Å². The van der Waals surface area contributed by atoms with Crippen LogP contribution in [0.1, 0.15) is 0 Å².